The maximum Gasteiger partial charge on any atom is 0.291 e. The van der Waals surface area contributed by atoms with E-state index in [-0.39, 0.29) is 11.9 Å². The highest BCUT2D eigenvalue weighted by molar-refractivity contribution is 7.16. The quantitative estimate of drug-likeness (QED) is 0.497. The van der Waals surface area contributed by atoms with Crippen molar-refractivity contribution in [1.29, 1.82) is 0 Å². The minimum absolute atomic E-state index is 0.107. The second kappa shape index (κ2) is 10.3. The van der Waals surface area contributed by atoms with Crippen LogP contribution in [0.3, 0.4) is 0 Å². The number of carbonyl (C=O) groups excluding carboxylic acids is 1. The number of rotatable bonds is 6. The van der Waals surface area contributed by atoms with E-state index < -0.39 is 0 Å². The Morgan fingerprint density at radius 2 is 1.74 bits per heavy atom. The van der Waals surface area contributed by atoms with Gasteiger partial charge in [0.15, 0.2) is 5.76 Å². The summed E-state index contributed by atoms with van der Waals surface area (Å²) in [5, 5.41) is 4.08. The van der Waals surface area contributed by atoms with Crippen molar-refractivity contribution in [2.75, 3.05) is 49.6 Å². The Morgan fingerprint density at radius 1 is 1.00 bits per heavy atom. The SMILES string of the molecule is Cc1sc(NC(=O)c2ccco2)c([C@H](c2ccc(N3CCOCC3)cc2)N2CCCCC2)c1C. The number of likely N-dealkylation sites (tertiary alicyclic amines) is 1. The molecule has 1 atom stereocenters. The lowest BCUT2D eigenvalue weighted by molar-refractivity contribution is 0.0996. The molecule has 2 aliphatic heterocycles. The summed E-state index contributed by atoms with van der Waals surface area (Å²) in [5.74, 6) is 0.131. The molecule has 2 saturated heterocycles. The summed E-state index contributed by atoms with van der Waals surface area (Å²) in [7, 11) is 0. The normalized spacial score (nSPS) is 18.1. The number of anilines is 2. The largest absolute Gasteiger partial charge is 0.459 e. The first-order valence-electron chi connectivity index (χ1n) is 12.2. The molecule has 5 rings (SSSR count). The molecular weight excluding hydrogens is 446 g/mol. The lowest BCUT2D eigenvalue weighted by Crippen LogP contribution is -2.36. The van der Waals surface area contributed by atoms with Crippen LogP contribution in [0.2, 0.25) is 0 Å². The van der Waals surface area contributed by atoms with Gasteiger partial charge in [-0.25, -0.2) is 0 Å². The minimum Gasteiger partial charge on any atom is -0.459 e. The zero-order chi connectivity index (χ0) is 23.5. The van der Waals surface area contributed by atoms with Crippen molar-refractivity contribution >= 4 is 27.9 Å². The second-order valence-corrected chi connectivity index (χ2v) is 10.4. The molecule has 7 heteroatoms. The average molecular weight is 480 g/mol. The predicted molar refractivity (Wildman–Crippen MR) is 137 cm³/mol. The second-order valence-electron chi connectivity index (χ2n) is 9.15. The molecule has 2 aliphatic rings. The van der Waals surface area contributed by atoms with Crippen LogP contribution in [0.1, 0.15) is 57.4 Å². The fourth-order valence-electron chi connectivity index (χ4n) is 5.06. The fraction of sp³-hybridized carbons (Fsp3) is 0.444. The lowest BCUT2D eigenvalue weighted by Gasteiger charge is -2.36. The van der Waals surface area contributed by atoms with Gasteiger partial charge in [-0.15, -0.1) is 11.3 Å². The van der Waals surface area contributed by atoms with E-state index in [9.17, 15) is 4.79 Å². The van der Waals surface area contributed by atoms with E-state index in [0.717, 1.165) is 44.4 Å². The number of nitrogens with one attached hydrogen (secondary N) is 1. The van der Waals surface area contributed by atoms with E-state index in [2.05, 4.69) is 53.2 Å². The van der Waals surface area contributed by atoms with E-state index in [0.29, 0.717) is 5.76 Å². The Bertz CT molecular complexity index is 1100. The maximum absolute atomic E-state index is 12.9. The number of carbonyl (C=O) groups is 1. The molecular formula is C27H33N3O3S. The third-order valence-electron chi connectivity index (χ3n) is 7.02. The summed E-state index contributed by atoms with van der Waals surface area (Å²) in [6.07, 6.45) is 5.23. The van der Waals surface area contributed by atoms with Gasteiger partial charge in [0.2, 0.25) is 0 Å². The van der Waals surface area contributed by atoms with Crippen molar-refractivity contribution in [3.63, 3.8) is 0 Å². The van der Waals surface area contributed by atoms with E-state index >= 15 is 0 Å². The molecule has 1 N–H and O–H groups in total. The number of furan rings is 1. The highest BCUT2D eigenvalue weighted by Crippen LogP contribution is 2.43. The standard InChI is InChI=1S/C27H33N3O3S/c1-19-20(2)34-27(28-26(31)23-7-6-16-33-23)24(19)25(30-12-4-3-5-13-30)21-8-10-22(11-9-21)29-14-17-32-18-15-29/h6-11,16,25H,3-5,12-15,17-18H2,1-2H3,(H,28,31)/t25-/m0/s1. The van der Waals surface area contributed by atoms with Crippen LogP contribution in [0.4, 0.5) is 10.7 Å². The van der Waals surface area contributed by atoms with Crippen molar-refractivity contribution in [1.82, 2.24) is 4.90 Å². The number of piperidine rings is 1. The van der Waals surface area contributed by atoms with Crippen molar-refractivity contribution < 1.29 is 13.9 Å². The topological polar surface area (TPSA) is 58.0 Å². The van der Waals surface area contributed by atoms with Gasteiger partial charge >= 0.3 is 0 Å². The van der Waals surface area contributed by atoms with Crippen LogP contribution in [0, 0.1) is 13.8 Å². The summed E-state index contributed by atoms with van der Waals surface area (Å²) in [4.78, 5) is 19.1. The third kappa shape index (κ3) is 4.78. The number of ether oxygens (including phenoxy) is 1. The first-order chi connectivity index (χ1) is 16.6. The zero-order valence-electron chi connectivity index (χ0n) is 20.0. The lowest BCUT2D eigenvalue weighted by atomic mass is 9.93. The smallest absolute Gasteiger partial charge is 0.291 e. The maximum atomic E-state index is 12.9. The molecule has 0 radical (unpaired) electrons. The number of amides is 1. The third-order valence-corrected chi connectivity index (χ3v) is 8.16. The van der Waals surface area contributed by atoms with Crippen LogP contribution in [0.25, 0.3) is 0 Å². The van der Waals surface area contributed by atoms with Crippen molar-refractivity contribution in [2.45, 2.75) is 39.2 Å². The van der Waals surface area contributed by atoms with Gasteiger partial charge in [0.05, 0.1) is 25.5 Å². The minimum atomic E-state index is -0.201. The summed E-state index contributed by atoms with van der Waals surface area (Å²) < 4.78 is 10.9. The number of aryl methyl sites for hydroxylation is 1. The van der Waals surface area contributed by atoms with Crippen LogP contribution in [-0.2, 0) is 4.74 Å². The number of nitrogens with zero attached hydrogens (tertiary/aromatic N) is 2. The van der Waals surface area contributed by atoms with Crippen LogP contribution in [-0.4, -0.2) is 50.2 Å². The van der Waals surface area contributed by atoms with Gasteiger partial charge in [-0.1, -0.05) is 18.6 Å². The van der Waals surface area contributed by atoms with Gasteiger partial charge in [-0.2, -0.15) is 0 Å². The molecule has 1 amide bonds. The summed E-state index contributed by atoms with van der Waals surface area (Å²) >= 11 is 1.66. The van der Waals surface area contributed by atoms with Crippen LogP contribution < -0.4 is 10.2 Å². The predicted octanol–water partition coefficient (Wildman–Crippen LogP) is 5.62. The average Bonchev–Trinajstić information content (AvgIpc) is 3.51. The van der Waals surface area contributed by atoms with Crippen molar-refractivity contribution in [2.24, 2.45) is 0 Å². The number of hydrogen-bond donors (Lipinski definition) is 1. The Morgan fingerprint density at radius 3 is 2.41 bits per heavy atom. The molecule has 3 aromatic rings. The molecule has 2 fully saturated rings. The summed E-state index contributed by atoms with van der Waals surface area (Å²) in [6.45, 7) is 9.88. The number of thiophene rings is 1. The first-order valence-corrected chi connectivity index (χ1v) is 13.0. The summed E-state index contributed by atoms with van der Waals surface area (Å²) in [6, 6.07) is 12.6. The van der Waals surface area contributed by atoms with Gasteiger partial charge in [0, 0.05) is 29.2 Å². The Hall–Kier alpha value is -2.61. The van der Waals surface area contributed by atoms with Gasteiger partial charge in [0.25, 0.3) is 5.91 Å². The van der Waals surface area contributed by atoms with Gasteiger partial charge in [0.1, 0.15) is 5.00 Å². The molecule has 0 aliphatic carbocycles. The van der Waals surface area contributed by atoms with Crippen molar-refractivity contribution in [3.8, 4) is 0 Å². The highest BCUT2D eigenvalue weighted by Gasteiger charge is 2.30. The molecule has 2 aromatic heterocycles. The highest BCUT2D eigenvalue weighted by atomic mass is 32.1. The van der Waals surface area contributed by atoms with Gasteiger partial charge in [-0.05, 0) is 75.2 Å². The van der Waals surface area contributed by atoms with Crippen molar-refractivity contribution in [3.05, 3.63) is 70.0 Å². The molecule has 0 spiro atoms. The monoisotopic (exact) mass is 479 g/mol. The molecule has 180 valence electrons. The Balaban J connectivity index is 1.50. The van der Waals surface area contributed by atoms with Gasteiger partial charge < -0.3 is 19.4 Å². The van der Waals surface area contributed by atoms with Crippen LogP contribution in [0.5, 0.6) is 0 Å². The zero-order valence-corrected chi connectivity index (χ0v) is 20.8. The Kier molecular flexibility index (Phi) is 7.04. The molecule has 0 unspecified atom stereocenters. The summed E-state index contributed by atoms with van der Waals surface area (Å²) in [5.41, 5.74) is 4.98. The molecule has 6 nitrogen and oxygen atoms in total. The molecule has 1 aromatic carbocycles. The first kappa shape index (κ1) is 23.1. The van der Waals surface area contributed by atoms with Crippen LogP contribution in [0.15, 0.2) is 47.1 Å². The van der Waals surface area contributed by atoms with E-state index in [1.807, 2.05) is 0 Å². The van der Waals surface area contributed by atoms with E-state index in [1.54, 1.807) is 23.5 Å². The number of benzene rings is 1. The van der Waals surface area contributed by atoms with E-state index in [4.69, 9.17) is 9.15 Å². The Labute approximate surface area is 205 Å². The van der Waals surface area contributed by atoms with Gasteiger partial charge in [-0.3, -0.25) is 9.69 Å². The number of hydrogen-bond acceptors (Lipinski definition) is 6. The molecule has 34 heavy (non-hydrogen) atoms. The molecule has 0 saturated carbocycles. The van der Waals surface area contributed by atoms with E-state index in [1.165, 1.54) is 52.8 Å². The molecule has 4 heterocycles. The number of morpholine rings is 1. The molecule has 0 bridgehead atoms. The van der Waals surface area contributed by atoms with Crippen LogP contribution >= 0.6 is 11.3 Å². The fourth-order valence-corrected chi connectivity index (χ4v) is 6.15.